The summed E-state index contributed by atoms with van der Waals surface area (Å²) in [6.07, 6.45) is 0. The number of rotatable bonds is 5. The third-order valence-corrected chi connectivity index (χ3v) is 12.0. The maximum Gasteiger partial charge on any atom is 0.143 e. The predicted molar refractivity (Wildman–Crippen MR) is 247 cm³/mol. The first-order valence-electron chi connectivity index (χ1n) is 19.9. The number of hydrogen-bond donors (Lipinski definition) is 0. The highest BCUT2D eigenvalue weighted by atomic mass is 16.3. The van der Waals surface area contributed by atoms with Gasteiger partial charge in [-0.15, -0.1) is 0 Å². The zero-order chi connectivity index (χ0) is 38.2. The predicted octanol–water partition coefficient (Wildman–Crippen LogP) is 16.2. The van der Waals surface area contributed by atoms with Crippen LogP contribution in [0.4, 0.5) is 17.1 Å². The van der Waals surface area contributed by atoms with Gasteiger partial charge in [0.2, 0.25) is 0 Å². The molecule has 0 atom stereocenters. The third kappa shape index (κ3) is 5.12. The maximum atomic E-state index is 6.56. The molecule has 0 N–H and O–H groups in total. The fourth-order valence-corrected chi connectivity index (χ4v) is 9.27. The van der Waals surface area contributed by atoms with Crippen LogP contribution in [0.1, 0.15) is 0 Å². The smallest absolute Gasteiger partial charge is 0.143 e. The Balaban J connectivity index is 1.04. The quantitative estimate of drug-likeness (QED) is 0.164. The van der Waals surface area contributed by atoms with Crippen molar-refractivity contribution < 1.29 is 4.42 Å². The van der Waals surface area contributed by atoms with Gasteiger partial charge in [-0.2, -0.15) is 0 Å². The largest absolute Gasteiger partial charge is 0.455 e. The van der Waals surface area contributed by atoms with Crippen LogP contribution in [-0.2, 0) is 0 Å². The molecule has 0 aliphatic rings. The number of nitrogens with zero attached hydrogens (tertiary/aromatic N) is 1. The van der Waals surface area contributed by atoms with E-state index >= 15 is 0 Å². The molecule has 0 saturated heterocycles. The number of hydrogen-bond acceptors (Lipinski definition) is 2. The Hall–Kier alpha value is -7.68. The minimum Gasteiger partial charge on any atom is -0.455 e. The monoisotopic (exact) mass is 737 g/mol. The van der Waals surface area contributed by atoms with Crippen molar-refractivity contribution in [3.05, 3.63) is 212 Å². The van der Waals surface area contributed by atoms with Crippen molar-refractivity contribution in [3.63, 3.8) is 0 Å². The minimum absolute atomic E-state index is 0.882. The van der Waals surface area contributed by atoms with E-state index in [1.165, 1.54) is 70.7 Å². The van der Waals surface area contributed by atoms with Gasteiger partial charge < -0.3 is 9.32 Å². The van der Waals surface area contributed by atoms with Crippen LogP contribution in [0.5, 0.6) is 0 Å². The van der Waals surface area contributed by atoms with Crippen LogP contribution in [0.2, 0.25) is 0 Å². The zero-order valence-electron chi connectivity index (χ0n) is 31.6. The lowest BCUT2D eigenvalue weighted by Crippen LogP contribution is -2.09. The van der Waals surface area contributed by atoms with Gasteiger partial charge in [0.05, 0.1) is 0 Å². The standard InChI is InChI=1S/C56H35NO/c1-4-16-44-36(11-1)14-9-21-45(44)38-23-26-41(27-24-38)57(43-29-32-55-54(35-43)52-30-25-37-12-2-6-18-48(37)56(52)58-55)42-28-31-47-39(33-42)15-10-22-50(47)53-34-40-13-3-5-17-46(40)49-19-7-8-20-51(49)53/h1-35H. The molecule has 0 aliphatic carbocycles. The van der Waals surface area contributed by atoms with E-state index in [4.69, 9.17) is 4.42 Å². The molecule has 1 heterocycles. The topological polar surface area (TPSA) is 16.4 Å². The molecule has 12 rings (SSSR count). The summed E-state index contributed by atoms with van der Waals surface area (Å²) < 4.78 is 6.56. The van der Waals surface area contributed by atoms with E-state index in [1.807, 2.05) is 0 Å². The first kappa shape index (κ1) is 32.6. The van der Waals surface area contributed by atoms with Crippen molar-refractivity contribution in [2.24, 2.45) is 0 Å². The van der Waals surface area contributed by atoms with Crippen LogP contribution >= 0.6 is 0 Å². The lowest BCUT2D eigenvalue weighted by molar-refractivity contribution is 0.672. The molecule has 2 heteroatoms. The van der Waals surface area contributed by atoms with Gasteiger partial charge in [-0.05, 0) is 125 Å². The van der Waals surface area contributed by atoms with Crippen LogP contribution in [0.15, 0.2) is 217 Å². The fourth-order valence-electron chi connectivity index (χ4n) is 9.27. The van der Waals surface area contributed by atoms with Gasteiger partial charge >= 0.3 is 0 Å². The van der Waals surface area contributed by atoms with Crippen molar-refractivity contribution in [1.29, 1.82) is 0 Å². The van der Waals surface area contributed by atoms with Crippen molar-refractivity contribution in [3.8, 4) is 22.3 Å². The summed E-state index contributed by atoms with van der Waals surface area (Å²) in [7, 11) is 0. The Morgan fingerprint density at radius 3 is 1.66 bits per heavy atom. The summed E-state index contributed by atoms with van der Waals surface area (Å²) >= 11 is 0. The molecule has 1 aromatic heterocycles. The fraction of sp³-hybridized carbons (Fsp3) is 0. The Labute approximate surface area is 335 Å². The molecule has 0 unspecified atom stereocenters. The van der Waals surface area contributed by atoms with Crippen LogP contribution in [0.3, 0.4) is 0 Å². The van der Waals surface area contributed by atoms with E-state index in [9.17, 15) is 0 Å². The van der Waals surface area contributed by atoms with E-state index in [1.54, 1.807) is 0 Å². The van der Waals surface area contributed by atoms with Gasteiger partial charge in [-0.25, -0.2) is 0 Å². The average molecular weight is 738 g/mol. The number of anilines is 3. The number of furan rings is 1. The van der Waals surface area contributed by atoms with Gasteiger partial charge in [0.15, 0.2) is 0 Å². The molecule has 0 saturated carbocycles. The summed E-state index contributed by atoms with van der Waals surface area (Å²) in [5.41, 5.74) is 9.94. The average Bonchev–Trinajstić information content (AvgIpc) is 3.67. The molecule has 0 bridgehead atoms. The SMILES string of the molecule is c1ccc2c(-c3ccc(N(c4ccc5c(-c6cc7ccccc7c7ccccc67)cccc5c4)c4ccc5oc6c7ccccc7ccc6c5c4)cc3)cccc2c1. The Bertz CT molecular complexity index is 3570. The molecule has 0 fully saturated rings. The van der Waals surface area contributed by atoms with Crippen molar-refractivity contribution >= 4 is 92.9 Å². The van der Waals surface area contributed by atoms with E-state index in [0.717, 1.165) is 44.4 Å². The highest BCUT2D eigenvalue weighted by molar-refractivity contribution is 6.17. The van der Waals surface area contributed by atoms with Gasteiger partial charge in [-0.3, -0.25) is 0 Å². The second kappa shape index (κ2) is 12.9. The van der Waals surface area contributed by atoms with Gasteiger partial charge in [0.25, 0.3) is 0 Å². The normalized spacial score (nSPS) is 11.8. The molecule has 0 aliphatic heterocycles. The van der Waals surface area contributed by atoms with E-state index < -0.39 is 0 Å². The summed E-state index contributed by atoms with van der Waals surface area (Å²) in [5.74, 6) is 0. The zero-order valence-corrected chi connectivity index (χ0v) is 31.6. The highest BCUT2D eigenvalue weighted by Crippen LogP contribution is 2.44. The molecule has 12 aromatic rings. The molecule has 58 heavy (non-hydrogen) atoms. The second-order valence-corrected chi connectivity index (χ2v) is 15.3. The number of benzene rings is 11. The minimum atomic E-state index is 0.882. The van der Waals surface area contributed by atoms with Crippen LogP contribution < -0.4 is 4.90 Å². The molecule has 270 valence electrons. The van der Waals surface area contributed by atoms with E-state index in [-0.39, 0.29) is 0 Å². The summed E-state index contributed by atoms with van der Waals surface area (Å²) in [5, 5.41) is 14.5. The second-order valence-electron chi connectivity index (χ2n) is 15.3. The lowest BCUT2D eigenvalue weighted by atomic mass is 9.90. The van der Waals surface area contributed by atoms with E-state index in [2.05, 4.69) is 217 Å². The first-order chi connectivity index (χ1) is 28.7. The Morgan fingerprint density at radius 1 is 0.276 bits per heavy atom. The summed E-state index contributed by atoms with van der Waals surface area (Å²) in [4.78, 5) is 2.38. The lowest BCUT2D eigenvalue weighted by Gasteiger charge is -2.26. The molecule has 0 amide bonds. The maximum absolute atomic E-state index is 6.56. The summed E-state index contributed by atoms with van der Waals surface area (Å²) in [6, 6.07) is 77.1. The van der Waals surface area contributed by atoms with Crippen LogP contribution in [0, 0.1) is 0 Å². The molecular formula is C56H35NO. The highest BCUT2D eigenvalue weighted by Gasteiger charge is 2.19. The first-order valence-corrected chi connectivity index (χ1v) is 19.9. The Kier molecular flexibility index (Phi) is 7.26. The van der Waals surface area contributed by atoms with Crippen molar-refractivity contribution in [2.45, 2.75) is 0 Å². The van der Waals surface area contributed by atoms with Crippen molar-refractivity contribution in [1.82, 2.24) is 0 Å². The van der Waals surface area contributed by atoms with Gasteiger partial charge in [0.1, 0.15) is 11.2 Å². The molecular weight excluding hydrogens is 703 g/mol. The summed E-state index contributed by atoms with van der Waals surface area (Å²) in [6.45, 7) is 0. The molecule has 11 aromatic carbocycles. The molecule has 0 spiro atoms. The van der Waals surface area contributed by atoms with Crippen LogP contribution in [0.25, 0.3) is 98.1 Å². The van der Waals surface area contributed by atoms with Crippen LogP contribution in [-0.4, -0.2) is 0 Å². The van der Waals surface area contributed by atoms with Crippen molar-refractivity contribution in [2.75, 3.05) is 4.90 Å². The third-order valence-electron chi connectivity index (χ3n) is 12.0. The number of fused-ring (bicyclic) bond motifs is 10. The van der Waals surface area contributed by atoms with Gasteiger partial charge in [0, 0.05) is 33.2 Å². The molecule has 0 radical (unpaired) electrons. The van der Waals surface area contributed by atoms with E-state index in [0.29, 0.717) is 0 Å². The molecule has 2 nitrogen and oxygen atoms in total. The van der Waals surface area contributed by atoms with Gasteiger partial charge in [-0.1, -0.05) is 158 Å². The Morgan fingerprint density at radius 2 is 0.828 bits per heavy atom.